The average Bonchev–Trinajstić information content (AvgIpc) is 3.24. The van der Waals surface area contributed by atoms with Gasteiger partial charge in [-0.3, -0.25) is 14.4 Å². The summed E-state index contributed by atoms with van der Waals surface area (Å²) in [4.78, 5) is 40.1. The summed E-state index contributed by atoms with van der Waals surface area (Å²) in [5.41, 5.74) is 9.88. The highest BCUT2D eigenvalue weighted by Crippen LogP contribution is 2.34. The summed E-state index contributed by atoms with van der Waals surface area (Å²) in [6.07, 6.45) is 0.0155. The summed E-state index contributed by atoms with van der Waals surface area (Å²) in [6.45, 7) is 0.913. The summed E-state index contributed by atoms with van der Waals surface area (Å²) in [5, 5.41) is 5.58. The van der Waals surface area contributed by atoms with Crippen LogP contribution in [0.2, 0.25) is 0 Å². The topological polar surface area (TPSA) is 138 Å². The lowest BCUT2D eigenvalue weighted by atomic mass is 10.1. The SMILES string of the molecule is NC(=O)[C@H](CCNC(=O)c1cccc(OCc2ccccc2)c1OCc1ccccc1)NC(=O)c1cccc(OCc2ccccc2)c1OCc1ccccc1. The fourth-order valence-electron chi connectivity index (χ4n) is 5.79. The van der Waals surface area contributed by atoms with Crippen LogP contribution >= 0.6 is 0 Å². The largest absolute Gasteiger partial charge is 0.485 e. The van der Waals surface area contributed by atoms with Gasteiger partial charge in [-0.1, -0.05) is 133 Å². The second-order valence-corrected chi connectivity index (χ2v) is 12.8. The summed E-state index contributed by atoms with van der Waals surface area (Å²) in [7, 11) is 0. The number of nitrogens with two attached hydrogens (primary N) is 1. The number of nitrogens with one attached hydrogen (secondary N) is 2. The van der Waals surface area contributed by atoms with E-state index >= 15 is 0 Å². The average molecular weight is 750 g/mol. The molecule has 6 aromatic rings. The number of rotatable bonds is 19. The van der Waals surface area contributed by atoms with Crippen molar-refractivity contribution in [2.24, 2.45) is 5.73 Å². The Bertz CT molecular complexity index is 2180. The van der Waals surface area contributed by atoms with Crippen molar-refractivity contribution in [2.45, 2.75) is 38.9 Å². The van der Waals surface area contributed by atoms with E-state index in [4.69, 9.17) is 24.7 Å². The van der Waals surface area contributed by atoms with Gasteiger partial charge in [0.05, 0.1) is 11.1 Å². The van der Waals surface area contributed by atoms with Gasteiger partial charge >= 0.3 is 0 Å². The predicted molar refractivity (Wildman–Crippen MR) is 213 cm³/mol. The van der Waals surface area contributed by atoms with E-state index < -0.39 is 23.8 Å². The van der Waals surface area contributed by atoms with Crippen molar-refractivity contribution in [3.8, 4) is 23.0 Å². The second kappa shape index (κ2) is 19.8. The Balaban J connectivity index is 1.14. The molecule has 4 N–H and O–H groups in total. The standard InChI is InChI=1S/C46H43N3O7/c47-44(50)39(49-46(52)38-24-14-26-41(54-30-34-17-7-2-8-18-34)43(38)56-32-36-21-11-4-12-22-36)27-28-48-45(51)37-23-13-25-40(53-29-33-15-5-1-6-16-33)42(37)55-31-35-19-9-3-10-20-35/h1-26,39H,27-32H2,(H2,47,50)(H,48,51)(H,49,52)/t39-/m0/s1. The van der Waals surface area contributed by atoms with E-state index in [0.717, 1.165) is 22.3 Å². The Morgan fingerprint density at radius 3 is 1.23 bits per heavy atom. The first-order chi connectivity index (χ1) is 27.4. The van der Waals surface area contributed by atoms with Crippen molar-refractivity contribution < 1.29 is 33.3 Å². The Kier molecular flexibility index (Phi) is 13.7. The maximum atomic E-state index is 13.8. The number of carbonyl (C=O) groups excluding carboxylic acids is 3. The second-order valence-electron chi connectivity index (χ2n) is 12.8. The fraction of sp³-hybridized carbons (Fsp3) is 0.152. The number of primary amides is 1. The molecule has 10 heteroatoms. The Morgan fingerprint density at radius 1 is 0.464 bits per heavy atom. The van der Waals surface area contributed by atoms with Gasteiger partial charge in [0, 0.05) is 6.54 Å². The molecule has 0 aliphatic rings. The van der Waals surface area contributed by atoms with Gasteiger partial charge in [-0.2, -0.15) is 0 Å². The fourth-order valence-corrected chi connectivity index (χ4v) is 5.79. The number of hydrogen-bond donors (Lipinski definition) is 3. The van der Waals surface area contributed by atoms with E-state index in [2.05, 4.69) is 10.6 Å². The number of para-hydroxylation sites is 2. The molecule has 0 bridgehead atoms. The molecule has 56 heavy (non-hydrogen) atoms. The first kappa shape index (κ1) is 38.6. The van der Waals surface area contributed by atoms with Crippen LogP contribution in [0.25, 0.3) is 0 Å². The highest BCUT2D eigenvalue weighted by molar-refractivity contribution is 6.00. The highest BCUT2D eigenvalue weighted by Gasteiger charge is 2.24. The molecule has 0 aliphatic carbocycles. The van der Waals surface area contributed by atoms with Crippen LogP contribution in [0.1, 0.15) is 49.4 Å². The molecule has 0 aliphatic heterocycles. The third-order valence-electron chi connectivity index (χ3n) is 8.74. The van der Waals surface area contributed by atoms with Crippen molar-refractivity contribution >= 4 is 17.7 Å². The number of amides is 3. The van der Waals surface area contributed by atoms with Gasteiger partial charge in [-0.05, 0) is 52.9 Å². The Morgan fingerprint density at radius 2 is 0.839 bits per heavy atom. The zero-order valence-electron chi connectivity index (χ0n) is 30.8. The molecule has 0 saturated carbocycles. The summed E-state index contributed by atoms with van der Waals surface area (Å²) in [5.74, 6) is -0.541. The molecule has 6 aromatic carbocycles. The number of benzene rings is 6. The third-order valence-corrected chi connectivity index (χ3v) is 8.74. The Labute approximate surface area is 326 Å². The van der Waals surface area contributed by atoms with Gasteiger partial charge in [0.1, 0.15) is 32.5 Å². The number of ether oxygens (including phenoxy) is 4. The van der Waals surface area contributed by atoms with Crippen molar-refractivity contribution in [1.82, 2.24) is 10.6 Å². The lowest BCUT2D eigenvalue weighted by Gasteiger charge is -2.20. The molecule has 1 atom stereocenters. The van der Waals surface area contributed by atoms with E-state index in [1.165, 1.54) is 0 Å². The number of hydrogen-bond acceptors (Lipinski definition) is 7. The van der Waals surface area contributed by atoms with Crippen molar-refractivity contribution in [2.75, 3.05) is 6.54 Å². The molecule has 10 nitrogen and oxygen atoms in total. The van der Waals surface area contributed by atoms with E-state index in [1.54, 1.807) is 36.4 Å². The van der Waals surface area contributed by atoms with Crippen LogP contribution in [0.15, 0.2) is 158 Å². The minimum atomic E-state index is -1.12. The van der Waals surface area contributed by atoms with Gasteiger partial charge in [0.25, 0.3) is 11.8 Å². The van der Waals surface area contributed by atoms with E-state index in [0.29, 0.717) is 11.5 Å². The van der Waals surface area contributed by atoms with Crippen LogP contribution in [0.5, 0.6) is 23.0 Å². The zero-order chi connectivity index (χ0) is 39.0. The van der Waals surface area contributed by atoms with Crippen LogP contribution in [0, 0.1) is 0 Å². The molecule has 284 valence electrons. The van der Waals surface area contributed by atoms with Crippen LogP contribution in [0.4, 0.5) is 0 Å². The molecule has 0 heterocycles. The maximum Gasteiger partial charge on any atom is 0.255 e. The minimum absolute atomic E-state index is 0.0114. The molecule has 0 radical (unpaired) electrons. The third kappa shape index (κ3) is 11.0. The van der Waals surface area contributed by atoms with Crippen molar-refractivity contribution in [1.29, 1.82) is 0 Å². The molecule has 0 saturated heterocycles. The molecule has 6 rings (SSSR count). The zero-order valence-corrected chi connectivity index (χ0v) is 30.8. The first-order valence-electron chi connectivity index (χ1n) is 18.3. The normalized spacial score (nSPS) is 11.1. The quantitative estimate of drug-likeness (QED) is 0.0785. The van der Waals surface area contributed by atoms with Crippen LogP contribution in [0.3, 0.4) is 0 Å². The lowest BCUT2D eigenvalue weighted by molar-refractivity contribution is -0.120. The molecule has 3 amide bonds. The van der Waals surface area contributed by atoms with Crippen LogP contribution in [-0.4, -0.2) is 30.3 Å². The van der Waals surface area contributed by atoms with Crippen LogP contribution < -0.4 is 35.3 Å². The minimum Gasteiger partial charge on any atom is -0.485 e. The molecule has 0 aromatic heterocycles. The molecular weight excluding hydrogens is 707 g/mol. The van der Waals surface area contributed by atoms with E-state index in [1.807, 2.05) is 121 Å². The van der Waals surface area contributed by atoms with Gasteiger partial charge in [-0.15, -0.1) is 0 Å². The summed E-state index contributed by atoms with van der Waals surface area (Å²) < 4.78 is 24.7. The van der Waals surface area contributed by atoms with Gasteiger partial charge in [0.2, 0.25) is 5.91 Å². The van der Waals surface area contributed by atoms with Gasteiger partial charge in [-0.25, -0.2) is 0 Å². The van der Waals surface area contributed by atoms with Gasteiger partial charge in [0.15, 0.2) is 23.0 Å². The van der Waals surface area contributed by atoms with E-state index in [9.17, 15) is 14.4 Å². The molecular formula is C46H43N3O7. The smallest absolute Gasteiger partial charge is 0.255 e. The summed E-state index contributed by atoms with van der Waals surface area (Å²) >= 11 is 0. The maximum absolute atomic E-state index is 13.8. The van der Waals surface area contributed by atoms with Crippen molar-refractivity contribution in [3.05, 3.63) is 191 Å². The molecule has 0 unspecified atom stereocenters. The first-order valence-corrected chi connectivity index (χ1v) is 18.3. The Hall–Kier alpha value is -7.07. The molecule has 0 spiro atoms. The lowest BCUT2D eigenvalue weighted by Crippen LogP contribution is -2.46. The van der Waals surface area contributed by atoms with E-state index in [-0.39, 0.29) is 62.0 Å². The van der Waals surface area contributed by atoms with Gasteiger partial charge < -0.3 is 35.3 Å². The van der Waals surface area contributed by atoms with Crippen LogP contribution in [-0.2, 0) is 31.2 Å². The van der Waals surface area contributed by atoms with Crippen molar-refractivity contribution in [3.63, 3.8) is 0 Å². The molecule has 0 fully saturated rings. The monoisotopic (exact) mass is 749 g/mol. The highest BCUT2D eigenvalue weighted by atomic mass is 16.5. The summed E-state index contributed by atoms with van der Waals surface area (Å²) in [6, 6.07) is 47.4. The predicted octanol–water partition coefficient (Wildman–Crippen LogP) is 7.41. The number of carbonyl (C=O) groups is 3.